The standard InChI is InChI=1S/C13H14FN3O2S/c1-20(19)7-6-15-13(18)10-8-16-17(9-10)12-5-3-2-4-11(12)14/h2-5,8-9H,6-7H2,1H3,(H,15,18). The van der Waals surface area contributed by atoms with Crippen molar-refractivity contribution < 1.29 is 13.4 Å². The molecule has 20 heavy (non-hydrogen) atoms. The summed E-state index contributed by atoms with van der Waals surface area (Å²) in [6, 6.07) is 6.18. The van der Waals surface area contributed by atoms with Gasteiger partial charge in [0.1, 0.15) is 11.5 Å². The highest BCUT2D eigenvalue weighted by Gasteiger charge is 2.10. The van der Waals surface area contributed by atoms with E-state index in [-0.39, 0.29) is 11.6 Å². The molecule has 0 spiro atoms. The quantitative estimate of drug-likeness (QED) is 0.899. The van der Waals surface area contributed by atoms with Gasteiger partial charge in [0.25, 0.3) is 5.91 Å². The van der Waals surface area contributed by atoms with Crippen LogP contribution in [0.4, 0.5) is 4.39 Å². The highest BCUT2D eigenvalue weighted by molar-refractivity contribution is 7.84. The summed E-state index contributed by atoms with van der Waals surface area (Å²) in [5.41, 5.74) is 0.608. The fourth-order valence-corrected chi connectivity index (χ4v) is 2.01. The maximum absolute atomic E-state index is 13.6. The molecule has 1 unspecified atom stereocenters. The van der Waals surface area contributed by atoms with Crippen LogP contribution in [0.5, 0.6) is 0 Å². The van der Waals surface area contributed by atoms with E-state index in [1.807, 2.05) is 0 Å². The Kier molecular flexibility index (Phi) is 4.62. The van der Waals surface area contributed by atoms with Crippen LogP contribution < -0.4 is 5.32 Å². The molecule has 1 aromatic carbocycles. The summed E-state index contributed by atoms with van der Waals surface area (Å²) in [4.78, 5) is 11.8. The van der Waals surface area contributed by atoms with E-state index in [2.05, 4.69) is 10.4 Å². The van der Waals surface area contributed by atoms with Crippen molar-refractivity contribution in [2.24, 2.45) is 0 Å². The van der Waals surface area contributed by atoms with Gasteiger partial charge in [0.05, 0.1) is 11.8 Å². The lowest BCUT2D eigenvalue weighted by molar-refractivity contribution is 0.0956. The molecule has 7 heteroatoms. The normalized spacial score (nSPS) is 12.1. The molecule has 0 radical (unpaired) electrons. The van der Waals surface area contributed by atoms with Crippen LogP contribution in [0.25, 0.3) is 5.69 Å². The fourth-order valence-electron chi connectivity index (χ4n) is 1.62. The van der Waals surface area contributed by atoms with Gasteiger partial charge in [0, 0.05) is 35.5 Å². The summed E-state index contributed by atoms with van der Waals surface area (Å²) >= 11 is 0. The molecule has 0 aliphatic rings. The van der Waals surface area contributed by atoms with Crippen molar-refractivity contribution in [3.63, 3.8) is 0 Å². The van der Waals surface area contributed by atoms with Gasteiger partial charge in [-0.15, -0.1) is 0 Å². The largest absolute Gasteiger partial charge is 0.351 e. The van der Waals surface area contributed by atoms with Crippen molar-refractivity contribution in [1.29, 1.82) is 0 Å². The van der Waals surface area contributed by atoms with Gasteiger partial charge in [-0.3, -0.25) is 9.00 Å². The van der Waals surface area contributed by atoms with Gasteiger partial charge in [-0.05, 0) is 12.1 Å². The number of hydrogen-bond acceptors (Lipinski definition) is 3. The molecular formula is C13H14FN3O2S. The highest BCUT2D eigenvalue weighted by Crippen LogP contribution is 2.12. The Morgan fingerprint density at radius 3 is 2.90 bits per heavy atom. The summed E-state index contributed by atoms with van der Waals surface area (Å²) in [6.45, 7) is 0.326. The monoisotopic (exact) mass is 295 g/mol. The second kappa shape index (κ2) is 6.42. The number of nitrogens with one attached hydrogen (secondary N) is 1. The molecule has 106 valence electrons. The lowest BCUT2D eigenvalue weighted by Gasteiger charge is -2.02. The Morgan fingerprint density at radius 1 is 1.45 bits per heavy atom. The number of carbonyl (C=O) groups is 1. The van der Waals surface area contributed by atoms with Gasteiger partial charge in [-0.25, -0.2) is 9.07 Å². The molecule has 0 saturated heterocycles. The molecule has 5 nitrogen and oxygen atoms in total. The van der Waals surface area contributed by atoms with Crippen LogP contribution in [0.1, 0.15) is 10.4 Å². The van der Waals surface area contributed by atoms with Crippen LogP contribution in [0, 0.1) is 5.82 Å². The third-order valence-corrected chi connectivity index (χ3v) is 3.40. The van der Waals surface area contributed by atoms with Gasteiger partial charge in [-0.1, -0.05) is 12.1 Å². The number of benzene rings is 1. The molecule has 2 rings (SSSR count). The lowest BCUT2D eigenvalue weighted by Crippen LogP contribution is -2.27. The maximum Gasteiger partial charge on any atom is 0.254 e. The van der Waals surface area contributed by atoms with E-state index in [4.69, 9.17) is 0 Å². The van der Waals surface area contributed by atoms with E-state index in [1.165, 1.54) is 23.1 Å². The Bertz CT molecular complexity index is 642. The van der Waals surface area contributed by atoms with Gasteiger partial charge >= 0.3 is 0 Å². The zero-order valence-electron chi connectivity index (χ0n) is 10.9. The SMILES string of the molecule is CS(=O)CCNC(=O)c1cnn(-c2ccccc2F)c1. The van der Waals surface area contributed by atoms with E-state index >= 15 is 0 Å². The third-order valence-electron chi connectivity index (χ3n) is 2.62. The molecule has 1 amide bonds. The van der Waals surface area contributed by atoms with Crippen LogP contribution in [-0.2, 0) is 10.8 Å². The number of amides is 1. The molecule has 0 aliphatic heterocycles. The summed E-state index contributed by atoms with van der Waals surface area (Å²) in [7, 11) is -0.951. The predicted octanol–water partition coefficient (Wildman–Crippen LogP) is 1.12. The molecule has 0 aliphatic carbocycles. The first-order valence-corrected chi connectivity index (χ1v) is 7.68. The van der Waals surface area contributed by atoms with Crippen LogP contribution in [0.15, 0.2) is 36.7 Å². The first-order valence-electron chi connectivity index (χ1n) is 5.95. The number of nitrogens with zero attached hydrogens (tertiary/aromatic N) is 2. The molecule has 1 aromatic heterocycles. The second-order valence-corrected chi connectivity index (χ2v) is 5.71. The Labute approximate surface area is 118 Å². The number of rotatable bonds is 5. The second-order valence-electron chi connectivity index (χ2n) is 4.16. The fraction of sp³-hybridized carbons (Fsp3) is 0.231. The molecule has 0 bridgehead atoms. The van der Waals surface area contributed by atoms with Crippen molar-refractivity contribution in [2.45, 2.75) is 0 Å². The molecule has 1 N–H and O–H groups in total. The maximum atomic E-state index is 13.6. The van der Waals surface area contributed by atoms with E-state index in [0.29, 0.717) is 17.9 Å². The van der Waals surface area contributed by atoms with Crippen molar-refractivity contribution in [3.05, 3.63) is 48.0 Å². The van der Waals surface area contributed by atoms with Gasteiger partial charge < -0.3 is 5.32 Å². The third kappa shape index (κ3) is 3.51. The van der Waals surface area contributed by atoms with Gasteiger partial charge in [-0.2, -0.15) is 5.10 Å². The summed E-state index contributed by atoms with van der Waals surface area (Å²) in [5.74, 6) is -0.338. The number of halogens is 1. The Hall–Kier alpha value is -2.02. The van der Waals surface area contributed by atoms with Crippen molar-refractivity contribution >= 4 is 16.7 Å². The summed E-state index contributed by atoms with van der Waals surface area (Å²) < 4.78 is 25.8. The van der Waals surface area contributed by atoms with E-state index in [1.54, 1.807) is 24.5 Å². The molecule has 0 saturated carbocycles. The van der Waals surface area contributed by atoms with E-state index in [9.17, 15) is 13.4 Å². The molecule has 1 atom stereocenters. The summed E-state index contributed by atoms with van der Waals surface area (Å²) in [5, 5.41) is 6.60. The number of para-hydroxylation sites is 1. The first kappa shape index (κ1) is 14.4. The lowest BCUT2D eigenvalue weighted by atomic mass is 10.3. The van der Waals surface area contributed by atoms with Gasteiger partial charge in [0.2, 0.25) is 0 Å². The van der Waals surface area contributed by atoms with Crippen molar-refractivity contribution in [2.75, 3.05) is 18.6 Å². The van der Waals surface area contributed by atoms with Crippen LogP contribution >= 0.6 is 0 Å². The predicted molar refractivity (Wildman–Crippen MR) is 74.8 cm³/mol. The molecular weight excluding hydrogens is 281 g/mol. The number of hydrogen-bond donors (Lipinski definition) is 1. The topological polar surface area (TPSA) is 64.0 Å². The minimum atomic E-state index is -0.951. The molecule has 2 aromatic rings. The minimum absolute atomic E-state index is 0.279. The van der Waals surface area contributed by atoms with Crippen LogP contribution in [-0.4, -0.2) is 38.4 Å². The zero-order chi connectivity index (χ0) is 14.5. The van der Waals surface area contributed by atoms with Crippen LogP contribution in [0.3, 0.4) is 0 Å². The average Bonchev–Trinajstić information content (AvgIpc) is 2.88. The van der Waals surface area contributed by atoms with Crippen LogP contribution in [0.2, 0.25) is 0 Å². The van der Waals surface area contributed by atoms with E-state index in [0.717, 1.165) is 0 Å². The first-order chi connectivity index (χ1) is 9.58. The Morgan fingerprint density at radius 2 is 2.20 bits per heavy atom. The number of aromatic nitrogens is 2. The van der Waals surface area contributed by atoms with Crippen molar-refractivity contribution in [3.8, 4) is 5.69 Å². The minimum Gasteiger partial charge on any atom is -0.351 e. The Balaban J connectivity index is 2.07. The smallest absolute Gasteiger partial charge is 0.254 e. The van der Waals surface area contributed by atoms with E-state index < -0.39 is 16.6 Å². The zero-order valence-corrected chi connectivity index (χ0v) is 11.7. The average molecular weight is 295 g/mol. The van der Waals surface area contributed by atoms with Gasteiger partial charge in [0.15, 0.2) is 0 Å². The van der Waals surface area contributed by atoms with Crippen molar-refractivity contribution in [1.82, 2.24) is 15.1 Å². The highest BCUT2D eigenvalue weighted by atomic mass is 32.2. The molecule has 0 fully saturated rings. The number of carbonyl (C=O) groups excluding carboxylic acids is 1. The molecule has 1 heterocycles. The summed E-state index contributed by atoms with van der Waals surface area (Å²) in [6.07, 6.45) is 4.39.